The summed E-state index contributed by atoms with van der Waals surface area (Å²) in [4.78, 5) is 24.0. The van der Waals surface area contributed by atoms with E-state index >= 15 is 0 Å². The molecule has 3 heterocycles. The van der Waals surface area contributed by atoms with Crippen LogP contribution in [-0.2, 0) is 13.1 Å². The fraction of sp³-hybridized carbons (Fsp3) is 0.176. The molecule has 3 aromatic heterocycles. The van der Waals surface area contributed by atoms with E-state index in [9.17, 15) is 4.79 Å². The fourth-order valence-electron chi connectivity index (χ4n) is 2.77. The zero-order valence-corrected chi connectivity index (χ0v) is 15.9. The molecule has 0 aliphatic heterocycles. The Kier molecular flexibility index (Phi) is 4.63. The molecule has 0 atom stereocenters. The first kappa shape index (κ1) is 17.3. The third-order valence-corrected chi connectivity index (χ3v) is 4.58. The van der Waals surface area contributed by atoms with Crippen molar-refractivity contribution in [3.63, 3.8) is 0 Å². The highest BCUT2D eigenvalue weighted by Crippen LogP contribution is 2.24. The standard InChI is InChI=1S/C17H16BrN7O2/c1-27-14-3-2-12(18)4-11(14)9-25-15-13(23-17(25)26)8-20-16(24-15)19-5-10-6-21-22-7-10/h2-4,6-8H,5,9H2,1H3,(H,21,22)(H,23,26)(H,19,20,24). The number of H-pyrrole nitrogens is 2. The minimum Gasteiger partial charge on any atom is -0.496 e. The molecular formula is C17H16BrN7O2. The quantitative estimate of drug-likeness (QED) is 0.433. The van der Waals surface area contributed by atoms with Gasteiger partial charge in [0.25, 0.3) is 0 Å². The van der Waals surface area contributed by atoms with Crippen LogP contribution in [0.4, 0.5) is 5.95 Å². The molecule has 0 bridgehead atoms. The molecule has 4 rings (SSSR count). The number of halogens is 1. The molecule has 4 aromatic rings. The van der Waals surface area contributed by atoms with E-state index in [-0.39, 0.29) is 5.69 Å². The van der Waals surface area contributed by atoms with Gasteiger partial charge in [0.15, 0.2) is 5.65 Å². The normalized spacial score (nSPS) is 11.0. The molecule has 3 N–H and O–H groups in total. The molecular weight excluding hydrogens is 414 g/mol. The van der Waals surface area contributed by atoms with Crippen molar-refractivity contribution in [1.82, 2.24) is 29.7 Å². The van der Waals surface area contributed by atoms with E-state index < -0.39 is 0 Å². The van der Waals surface area contributed by atoms with E-state index in [1.807, 2.05) is 18.2 Å². The molecule has 0 aliphatic carbocycles. The predicted molar refractivity (Wildman–Crippen MR) is 104 cm³/mol. The van der Waals surface area contributed by atoms with Gasteiger partial charge in [0, 0.05) is 28.3 Å². The maximum absolute atomic E-state index is 12.4. The number of anilines is 1. The largest absolute Gasteiger partial charge is 0.496 e. The van der Waals surface area contributed by atoms with Gasteiger partial charge in [-0.25, -0.2) is 9.78 Å². The highest BCUT2D eigenvalue weighted by atomic mass is 79.9. The van der Waals surface area contributed by atoms with Crippen molar-refractivity contribution >= 4 is 33.0 Å². The monoisotopic (exact) mass is 429 g/mol. The van der Waals surface area contributed by atoms with E-state index in [4.69, 9.17) is 4.74 Å². The number of ether oxygens (including phenoxy) is 1. The number of rotatable bonds is 6. The van der Waals surface area contributed by atoms with Crippen molar-refractivity contribution in [1.29, 1.82) is 0 Å². The highest BCUT2D eigenvalue weighted by molar-refractivity contribution is 9.10. The number of benzene rings is 1. The molecule has 0 saturated carbocycles. The van der Waals surface area contributed by atoms with Crippen LogP contribution in [0.5, 0.6) is 5.75 Å². The summed E-state index contributed by atoms with van der Waals surface area (Å²) in [7, 11) is 1.60. The molecule has 0 radical (unpaired) electrons. The summed E-state index contributed by atoms with van der Waals surface area (Å²) in [5.41, 5.74) is 2.67. The molecule has 0 aliphatic rings. The van der Waals surface area contributed by atoms with Crippen LogP contribution in [0.3, 0.4) is 0 Å². The van der Waals surface area contributed by atoms with Crippen LogP contribution < -0.4 is 15.7 Å². The van der Waals surface area contributed by atoms with Crippen LogP contribution in [0.1, 0.15) is 11.1 Å². The molecule has 27 heavy (non-hydrogen) atoms. The molecule has 9 nitrogen and oxygen atoms in total. The Labute approximate surface area is 161 Å². The summed E-state index contributed by atoms with van der Waals surface area (Å²) in [6, 6.07) is 5.66. The lowest BCUT2D eigenvalue weighted by atomic mass is 10.2. The van der Waals surface area contributed by atoms with Crippen molar-refractivity contribution in [3.05, 3.63) is 62.9 Å². The summed E-state index contributed by atoms with van der Waals surface area (Å²) >= 11 is 3.45. The van der Waals surface area contributed by atoms with Crippen LogP contribution in [0.15, 0.2) is 46.1 Å². The van der Waals surface area contributed by atoms with Gasteiger partial charge in [-0.1, -0.05) is 15.9 Å². The number of nitrogens with one attached hydrogen (secondary N) is 3. The van der Waals surface area contributed by atoms with Gasteiger partial charge in [0.05, 0.1) is 26.0 Å². The number of methoxy groups -OCH3 is 1. The number of fused-ring (bicyclic) bond motifs is 1. The number of aromatic amines is 2. The first-order valence-corrected chi connectivity index (χ1v) is 8.93. The molecule has 10 heteroatoms. The maximum Gasteiger partial charge on any atom is 0.328 e. The zero-order valence-electron chi connectivity index (χ0n) is 14.4. The fourth-order valence-corrected chi connectivity index (χ4v) is 3.18. The van der Waals surface area contributed by atoms with Gasteiger partial charge in [0.1, 0.15) is 11.3 Å². The van der Waals surface area contributed by atoms with E-state index in [0.29, 0.717) is 36.0 Å². The van der Waals surface area contributed by atoms with Crippen LogP contribution in [0, 0.1) is 0 Å². The molecule has 0 spiro atoms. The lowest BCUT2D eigenvalue weighted by Gasteiger charge is -2.10. The van der Waals surface area contributed by atoms with E-state index in [0.717, 1.165) is 15.6 Å². The van der Waals surface area contributed by atoms with Gasteiger partial charge in [-0.05, 0) is 18.2 Å². The zero-order chi connectivity index (χ0) is 18.8. The van der Waals surface area contributed by atoms with Crippen molar-refractivity contribution in [2.75, 3.05) is 12.4 Å². The van der Waals surface area contributed by atoms with E-state index in [2.05, 4.69) is 46.4 Å². The van der Waals surface area contributed by atoms with Crippen molar-refractivity contribution in [2.45, 2.75) is 13.1 Å². The average molecular weight is 430 g/mol. The van der Waals surface area contributed by atoms with Gasteiger partial charge in [0.2, 0.25) is 5.95 Å². The minimum absolute atomic E-state index is 0.256. The Morgan fingerprint density at radius 1 is 1.33 bits per heavy atom. The van der Waals surface area contributed by atoms with Gasteiger partial charge >= 0.3 is 5.69 Å². The average Bonchev–Trinajstić information content (AvgIpc) is 3.28. The van der Waals surface area contributed by atoms with Crippen LogP contribution in [0.25, 0.3) is 11.2 Å². The molecule has 138 valence electrons. The topological polar surface area (TPSA) is 114 Å². The second-order valence-electron chi connectivity index (χ2n) is 5.86. The van der Waals surface area contributed by atoms with Crippen LogP contribution in [0.2, 0.25) is 0 Å². The Hall–Kier alpha value is -3.14. The first-order valence-electron chi connectivity index (χ1n) is 8.13. The Bertz CT molecular complexity index is 1130. The second kappa shape index (κ2) is 7.23. The number of aromatic nitrogens is 6. The number of hydrogen-bond donors (Lipinski definition) is 3. The Balaban J connectivity index is 1.68. The molecule has 1 aromatic carbocycles. The summed E-state index contributed by atoms with van der Waals surface area (Å²) < 4.78 is 7.87. The van der Waals surface area contributed by atoms with Gasteiger partial charge in [-0.2, -0.15) is 10.1 Å². The SMILES string of the molecule is COc1ccc(Br)cc1Cn1c(=O)[nH]c2cnc(NCc3cn[nH]c3)nc21. The smallest absolute Gasteiger partial charge is 0.328 e. The Morgan fingerprint density at radius 2 is 2.22 bits per heavy atom. The second-order valence-corrected chi connectivity index (χ2v) is 6.78. The third kappa shape index (κ3) is 3.56. The molecule has 0 amide bonds. The van der Waals surface area contributed by atoms with Gasteiger partial charge < -0.3 is 15.0 Å². The van der Waals surface area contributed by atoms with E-state index in [1.165, 1.54) is 0 Å². The number of nitrogens with zero attached hydrogens (tertiary/aromatic N) is 4. The maximum atomic E-state index is 12.4. The Morgan fingerprint density at radius 3 is 3.00 bits per heavy atom. The minimum atomic E-state index is -0.256. The highest BCUT2D eigenvalue weighted by Gasteiger charge is 2.13. The van der Waals surface area contributed by atoms with Crippen molar-refractivity contribution in [3.8, 4) is 5.75 Å². The molecule has 0 saturated heterocycles. The third-order valence-electron chi connectivity index (χ3n) is 4.09. The van der Waals surface area contributed by atoms with Crippen LogP contribution >= 0.6 is 15.9 Å². The van der Waals surface area contributed by atoms with Crippen molar-refractivity contribution in [2.24, 2.45) is 0 Å². The number of hydrogen-bond acceptors (Lipinski definition) is 6. The lowest BCUT2D eigenvalue weighted by Crippen LogP contribution is -2.18. The summed E-state index contributed by atoms with van der Waals surface area (Å²) in [6.45, 7) is 0.843. The van der Waals surface area contributed by atoms with Crippen LogP contribution in [-0.4, -0.2) is 36.8 Å². The number of imidazole rings is 1. The lowest BCUT2D eigenvalue weighted by molar-refractivity contribution is 0.408. The summed E-state index contributed by atoms with van der Waals surface area (Å²) in [6.07, 6.45) is 5.10. The van der Waals surface area contributed by atoms with Crippen molar-refractivity contribution < 1.29 is 4.74 Å². The molecule has 0 fully saturated rings. The van der Waals surface area contributed by atoms with Gasteiger partial charge in [-0.15, -0.1) is 0 Å². The molecule has 0 unspecified atom stereocenters. The van der Waals surface area contributed by atoms with Gasteiger partial charge in [-0.3, -0.25) is 9.67 Å². The van der Waals surface area contributed by atoms with E-state index in [1.54, 1.807) is 30.3 Å². The summed E-state index contributed by atoms with van der Waals surface area (Å²) in [5.74, 6) is 1.13. The predicted octanol–water partition coefficient (Wildman–Crippen LogP) is 2.27. The summed E-state index contributed by atoms with van der Waals surface area (Å²) in [5, 5.41) is 9.78. The first-order chi connectivity index (χ1) is 13.1.